The number of aliphatic hydroxyl groups excluding tert-OH is 1. The Bertz CT molecular complexity index is 389. The molecule has 28 heavy (non-hydrogen) atoms. The van der Waals surface area contributed by atoms with Crippen LogP contribution in [0.2, 0.25) is 0 Å². The van der Waals surface area contributed by atoms with Crippen molar-refractivity contribution in [3.63, 3.8) is 0 Å². The second-order valence-electron chi connectivity index (χ2n) is 7.85. The third kappa shape index (κ3) is 17.0. The van der Waals surface area contributed by atoms with E-state index >= 15 is 0 Å². The summed E-state index contributed by atoms with van der Waals surface area (Å²) in [7, 11) is 3.64. The molecule has 0 aliphatic carbocycles. The second-order valence-corrected chi connectivity index (χ2v) is 7.85. The SMILES string of the molecule is CCCCCCCCCCCCCC(=O)OCCN(CCO)C(=O)CN(C)C. The highest BCUT2D eigenvalue weighted by Gasteiger charge is 2.14. The molecule has 0 rings (SSSR count). The Hall–Kier alpha value is -1.14. The molecule has 0 aromatic carbocycles. The van der Waals surface area contributed by atoms with Crippen LogP contribution in [-0.4, -0.2) is 73.7 Å². The van der Waals surface area contributed by atoms with Gasteiger partial charge in [0.05, 0.1) is 19.7 Å². The van der Waals surface area contributed by atoms with Crippen molar-refractivity contribution in [3.05, 3.63) is 0 Å². The first-order valence-corrected chi connectivity index (χ1v) is 11.2. The van der Waals surface area contributed by atoms with Crippen molar-refractivity contribution < 1.29 is 19.4 Å². The third-order valence-electron chi connectivity index (χ3n) is 4.78. The van der Waals surface area contributed by atoms with Crippen LogP contribution in [0.25, 0.3) is 0 Å². The zero-order valence-corrected chi connectivity index (χ0v) is 18.6. The summed E-state index contributed by atoms with van der Waals surface area (Å²) >= 11 is 0. The first-order chi connectivity index (χ1) is 13.5. The van der Waals surface area contributed by atoms with Gasteiger partial charge in [-0.2, -0.15) is 0 Å². The fraction of sp³-hybridized carbons (Fsp3) is 0.909. The quantitative estimate of drug-likeness (QED) is 0.265. The van der Waals surface area contributed by atoms with E-state index in [9.17, 15) is 9.59 Å². The summed E-state index contributed by atoms with van der Waals surface area (Å²) in [4.78, 5) is 27.2. The second kappa shape index (κ2) is 19.2. The van der Waals surface area contributed by atoms with Crippen molar-refractivity contribution in [2.24, 2.45) is 0 Å². The van der Waals surface area contributed by atoms with Gasteiger partial charge in [-0.25, -0.2) is 0 Å². The molecule has 0 fully saturated rings. The Morgan fingerprint density at radius 3 is 1.86 bits per heavy atom. The summed E-state index contributed by atoms with van der Waals surface area (Å²) in [6.45, 7) is 3.23. The minimum atomic E-state index is -0.195. The van der Waals surface area contributed by atoms with Crippen molar-refractivity contribution in [2.45, 2.75) is 84.0 Å². The van der Waals surface area contributed by atoms with Gasteiger partial charge in [0.1, 0.15) is 6.61 Å². The lowest BCUT2D eigenvalue weighted by atomic mass is 10.1. The van der Waals surface area contributed by atoms with Gasteiger partial charge in [0, 0.05) is 13.0 Å². The van der Waals surface area contributed by atoms with Gasteiger partial charge >= 0.3 is 5.97 Å². The lowest BCUT2D eigenvalue weighted by molar-refractivity contribution is -0.146. The van der Waals surface area contributed by atoms with Crippen LogP contribution in [0.4, 0.5) is 0 Å². The molecular formula is C22H44N2O4. The number of esters is 1. The maximum absolute atomic E-state index is 12.0. The summed E-state index contributed by atoms with van der Waals surface area (Å²) in [6.07, 6.45) is 14.2. The number of rotatable bonds is 19. The number of carbonyl (C=O) groups excluding carboxylic acids is 2. The highest BCUT2D eigenvalue weighted by Crippen LogP contribution is 2.12. The molecule has 0 aliphatic rings. The first-order valence-electron chi connectivity index (χ1n) is 11.2. The summed E-state index contributed by atoms with van der Waals surface area (Å²) in [5.74, 6) is -0.264. The first kappa shape index (κ1) is 26.9. The minimum absolute atomic E-state index is 0.0690. The van der Waals surface area contributed by atoms with Crippen LogP contribution in [0, 0.1) is 0 Å². The van der Waals surface area contributed by atoms with Gasteiger partial charge in [-0.3, -0.25) is 9.59 Å². The van der Waals surface area contributed by atoms with Crippen molar-refractivity contribution in [3.8, 4) is 0 Å². The number of nitrogens with zero attached hydrogens (tertiary/aromatic N) is 2. The van der Waals surface area contributed by atoms with E-state index in [2.05, 4.69) is 6.92 Å². The number of likely N-dealkylation sites (N-methyl/N-ethyl adjacent to an activating group) is 1. The van der Waals surface area contributed by atoms with E-state index in [-0.39, 0.29) is 38.2 Å². The fourth-order valence-electron chi connectivity index (χ4n) is 3.13. The minimum Gasteiger partial charge on any atom is -0.464 e. The highest BCUT2D eigenvalue weighted by atomic mass is 16.5. The molecule has 0 radical (unpaired) electrons. The zero-order chi connectivity index (χ0) is 21.0. The van der Waals surface area contributed by atoms with E-state index in [1.807, 2.05) is 14.1 Å². The van der Waals surface area contributed by atoms with Crippen molar-refractivity contribution in [1.29, 1.82) is 0 Å². The molecule has 6 nitrogen and oxygen atoms in total. The maximum atomic E-state index is 12.0. The van der Waals surface area contributed by atoms with E-state index in [0.717, 1.165) is 12.8 Å². The molecule has 0 saturated heterocycles. The predicted molar refractivity (Wildman–Crippen MR) is 114 cm³/mol. The lowest BCUT2D eigenvalue weighted by Gasteiger charge is -2.23. The van der Waals surface area contributed by atoms with Crippen molar-refractivity contribution >= 4 is 11.9 Å². The Morgan fingerprint density at radius 1 is 0.821 bits per heavy atom. The molecule has 6 heteroatoms. The van der Waals surface area contributed by atoms with E-state index < -0.39 is 0 Å². The van der Waals surface area contributed by atoms with Gasteiger partial charge in [0.2, 0.25) is 5.91 Å². The van der Waals surface area contributed by atoms with Crippen LogP contribution in [0.3, 0.4) is 0 Å². The number of carbonyl (C=O) groups is 2. The average Bonchev–Trinajstić information content (AvgIpc) is 2.64. The van der Waals surface area contributed by atoms with Gasteiger partial charge in [-0.15, -0.1) is 0 Å². The molecule has 0 aliphatic heterocycles. The molecule has 0 spiro atoms. The molecule has 0 saturated carbocycles. The Morgan fingerprint density at radius 2 is 1.36 bits per heavy atom. The van der Waals surface area contributed by atoms with E-state index in [1.165, 1.54) is 62.7 Å². The Balaban J connectivity index is 3.61. The number of amides is 1. The Kier molecular flexibility index (Phi) is 18.4. The number of ether oxygens (including phenoxy) is 1. The van der Waals surface area contributed by atoms with Crippen LogP contribution in [0.5, 0.6) is 0 Å². The van der Waals surface area contributed by atoms with Crippen LogP contribution in [0.1, 0.15) is 84.0 Å². The molecule has 0 aromatic rings. The molecule has 0 aromatic heterocycles. The van der Waals surface area contributed by atoms with E-state index in [0.29, 0.717) is 13.0 Å². The molecule has 166 valence electrons. The number of aliphatic hydroxyl groups is 1. The summed E-state index contributed by atoms with van der Waals surface area (Å²) in [5, 5.41) is 9.08. The van der Waals surface area contributed by atoms with Crippen LogP contribution >= 0.6 is 0 Å². The monoisotopic (exact) mass is 400 g/mol. The number of unbranched alkanes of at least 4 members (excludes halogenated alkanes) is 10. The Labute approximate surface area is 172 Å². The van der Waals surface area contributed by atoms with Crippen LogP contribution in [-0.2, 0) is 14.3 Å². The van der Waals surface area contributed by atoms with Gasteiger partial charge in [-0.1, -0.05) is 71.1 Å². The fourth-order valence-corrected chi connectivity index (χ4v) is 3.13. The maximum Gasteiger partial charge on any atom is 0.305 e. The zero-order valence-electron chi connectivity index (χ0n) is 18.6. The molecule has 1 N–H and O–H groups in total. The number of hydrogen-bond acceptors (Lipinski definition) is 5. The lowest BCUT2D eigenvalue weighted by Crippen LogP contribution is -2.41. The normalized spacial score (nSPS) is 11.0. The van der Waals surface area contributed by atoms with Crippen molar-refractivity contribution in [2.75, 3.05) is 46.9 Å². The summed E-state index contributed by atoms with van der Waals surface area (Å²) in [6, 6.07) is 0. The van der Waals surface area contributed by atoms with Gasteiger partial charge in [0.25, 0.3) is 0 Å². The van der Waals surface area contributed by atoms with Gasteiger partial charge in [0.15, 0.2) is 0 Å². The average molecular weight is 401 g/mol. The molecule has 0 bridgehead atoms. The van der Waals surface area contributed by atoms with E-state index in [4.69, 9.17) is 9.84 Å². The summed E-state index contributed by atoms with van der Waals surface area (Å²) < 4.78 is 5.24. The third-order valence-corrected chi connectivity index (χ3v) is 4.78. The predicted octanol–water partition coefficient (Wildman–Crippen LogP) is 3.61. The molecule has 0 unspecified atom stereocenters. The van der Waals surface area contributed by atoms with Crippen molar-refractivity contribution in [1.82, 2.24) is 9.80 Å². The summed E-state index contributed by atoms with van der Waals surface area (Å²) in [5.41, 5.74) is 0. The smallest absolute Gasteiger partial charge is 0.305 e. The van der Waals surface area contributed by atoms with E-state index in [1.54, 1.807) is 4.90 Å². The van der Waals surface area contributed by atoms with Gasteiger partial charge in [-0.05, 0) is 20.5 Å². The number of hydrogen-bond donors (Lipinski definition) is 1. The largest absolute Gasteiger partial charge is 0.464 e. The molecule has 1 amide bonds. The van der Waals surface area contributed by atoms with Crippen LogP contribution in [0.15, 0.2) is 0 Å². The highest BCUT2D eigenvalue weighted by molar-refractivity contribution is 5.78. The molecule has 0 atom stereocenters. The standard InChI is InChI=1S/C22H44N2O4/c1-4-5-6-7-8-9-10-11-12-13-14-15-22(27)28-19-17-24(16-18-25)21(26)20-23(2)3/h25H,4-20H2,1-3H3. The topological polar surface area (TPSA) is 70.1 Å². The molecule has 0 heterocycles. The molecular weight excluding hydrogens is 356 g/mol. The van der Waals surface area contributed by atoms with Gasteiger partial charge < -0.3 is 19.6 Å². The van der Waals surface area contributed by atoms with Crippen LogP contribution < -0.4 is 0 Å².